The van der Waals surface area contributed by atoms with E-state index in [9.17, 15) is 0 Å². The zero-order valence-corrected chi connectivity index (χ0v) is 7.23. The highest BCUT2D eigenvalue weighted by Gasteiger charge is 1.93. The van der Waals surface area contributed by atoms with Gasteiger partial charge in [0.2, 0.25) is 5.96 Å². The van der Waals surface area contributed by atoms with Gasteiger partial charge in [-0.3, -0.25) is 5.32 Å². The van der Waals surface area contributed by atoms with Gasteiger partial charge in [-0.2, -0.15) is 5.26 Å². The molecule has 0 heterocycles. The van der Waals surface area contributed by atoms with Crippen molar-refractivity contribution >= 4 is 17.7 Å². The fourth-order valence-corrected chi connectivity index (χ4v) is 0.809. The van der Waals surface area contributed by atoms with Gasteiger partial charge in [-0.25, -0.2) is 10.4 Å². The first-order valence-electron chi connectivity index (χ1n) is 3.78. The van der Waals surface area contributed by atoms with E-state index in [-0.39, 0.29) is 5.96 Å². The summed E-state index contributed by atoms with van der Waals surface area (Å²) in [5.41, 5.74) is 0.657. The van der Waals surface area contributed by atoms with Gasteiger partial charge in [0.25, 0.3) is 0 Å². The van der Waals surface area contributed by atoms with Crippen molar-refractivity contribution in [2.24, 2.45) is 9.98 Å². The van der Waals surface area contributed by atoms with Crippen LogP contribution in [0.15, 0.2) is 40.3 Å². The number of benzene rings is 1. The van der Waals surface area contributed by atoms with Crippen molar-refractivity contribution in [3.8, 4) is 6.19 Å². The average Bonchev–Trinajstić information content (AvgIpc) is 2.20. The molecule has 5 nitrogen and oxygen atoms in total. The maximum absolute atomic E-state index is 8.35. The number of nitrogens with one attached hydrogen (secondary N) is 2. The Morgan fingerprint density at radius 1 is 1.36 bits per heavy atom. The maximum Gasteiger partial charge on any atom is 0.246 e. The van der Waals surface area contributed by atoms with Crippen LogP contribution in [0, 0.1) is 16.9 Å². The third-order valence-corrected chi connectivity index (χ3v) is 1.32. The molecule has 0 atom stereocenters. The highest BCUT2D eigenvalue weighted by molar-refractivity contribution is 5.88. The van der Waals surface area contributed by atoms with Crippen LogP contribution in [0.5, 0.6) is 0 Å². The quantitative estimate of drug-likeness (QED) is 0.300. The number of hydrogen-bond donors (Lipinski definition) is 2. The lowest BCUT2D eigenvalue weighted by Crippen LogP contribution is -2.14. The molecular weight excluding hydrogens is 178 g/mol. The summed E-state index contributed by atoms with van der Waals surface area (Å²) in [5.74, 6) is 0.0497. The standard InChI is InChI=1S/C9H7N5/c10-6-12-9(13-7-11)14-8-4-2-1-3-5-8/h1-5,10H,(H,13,14). The van der Waals surface area contributed by atoms with Crippen LogP contribution in [-0.4, -0.2) is 12.0 Å². The minimum absolute atomic E-state index is 0.0497. The molecule has 0 saturated carbocycles. The topological polar surface area (TPSA) is 84.4 Å². The molecule has 0 aromatic heterocycles. The summed E-state index contributed by atoms with van der Waals surface area (Å²) in [4.78, 5) is 7.41. The van der Waals surface area contributed by atoms with Crippen LogP contribution in [0.1, 0.15) is 0 Å². The molecule has 68 valence electrons. The molecule has 0 bridgehead atoms. The van der Waals surface area contributed by atoms with E-state index in [0.717, 1.165) is 0 Å². The molecule has 0 unspecified atom stereocenters. The fraction of sp³-hybridized carbons (Fsp3) is 0. The van der Waals surface area contributed by atoms with Gasteiger partial charge in [0.05, 0.1) is 11.7 Å². The first-order chi connectivity index (χ1) is 6.86. The Bertz CT molecular complexity index is 409. The smallest absolute Gasteiger partial charge is 0.246 e. The summed E-state index contributed by atoms with van der Waals surface area (Å²) in [6, 6.07) is 10.8. The lowest BCUT2D eigenvalue weighted by Gasteiger charge is -1.94. The number of aliphatic imine (C=N–C) groups is 2. The van der Waals surface area contributed by atoms with Gasteiger partial charge >= 0.3 is 0 Å². The highest BCUT2D eigenvalue weighted by Crippen LogP contribution is 2.09. The Morgan fingerprint density at radius 3 is 2.64 bits per heavy atom. The molecule has 0 spiro atoms. The van der Waals surface area contributed by atoms with Gasteiger partial charge in [-0.05, 0) is 12.1 Å². The average molecular weight is 185 g/mol. The lowest BCUT2D eigenvalue weighted by molar-refractivity contribution is 1.21. The van der Waals surface area contributed by atoms with Crippen LogP contribution in [0.4, 0.5) is 5.69 Å². The van der Waals surface area contributed by atoms with Crippen LogP contribution in [0.2, 0.25) is 0 Å². The first kappa shape index (κ1) is 9.65. The summed E-state index contributed by atoms with van der Waals surface area (Å²) in [7, 11) is 0. The summed E-state index contributed by atoms with van der Waals surface area (Å²) in [6.45, 7) is 0. The molecule has 0 aliphatic carbocycles. The van der Waals surface area contributed by atoms with E-state index in [4.69, 9.17) is 10.7 Å². The second kappa shape index (κ2) is 5.25. The van der Waals surface area contributed by atoms with Gasteiger partial charge < -0.3 is 0 Å². The SMILES string of the molecule is N#CNC(N=C=N)=Nc1ccccc1. The minimum Gasteiger partial charge on any atom is -0.260 e. The maximum atomic E-state index is 8.35. The fourth-order valence-electron chi connectivity index (χ4n) is 0.809. The molecule has 1 rings (SSSR count). The molecule has 5 heteroatoms. The summed E-state index contributed by atoms with van der Waals surface area (Å²) >= 11 is 0. The van der Waals surface area contributed by atoms with Gasteiger partial charge in [-0.1, -0.05) is 18.2 Å². The summed E-state index contributed by atoms with van der Waals surface area (Å²) in [6.07, 6.45) is 1.67. The van der Waals surface area contributed by atoms with Crippen LogP contribution < -0.4 is 5.32 Å². The normalized spacial score (nSPS) is 9.79. The monoisotopic (exact) mass is 185 g/mol. The van der Waals surface area contributed by atoms with E-state index in [1.165, 1.54) is 0 Å². The molecule has 0 fully saturated rings. The molecule has 0 saturated heterocycles. The van der Waals surface area contributed by atoms with Crippen molar-refractivity contribution < 1.29 is 0 Å². The molecule has 0 aliphatic rings. The van der Waals surface area contributed by atoms with Crippen LogP contribution in [0.3, 0.4) is 0 Å². The summed E-state index contributed by atoms with van der Waals surface area (Å²) < 4.78 is 0. The van der Waals surface area contributed by atoms with Gasteiger partial charge in [0, 0.05) is 0 Å². The Kier molecular flexibility index (Phi) is 3.62. The molecule has 0 radical (unpaired) electrons. The zero-order chi connectivity index (χ0) is 10.2. The Hall–Kier alpha value is -2.44. The number of rotatable bonds is 1. The highest BCUT2D eigenvalue weighted by atomic mass is 15.1. The van der Waals surface area contributed by atoms with E-state index in [1.807, 2.05) is 18.2 Å². The second-order valence-electron chi connectivity index (χ2n) is 2.23. The number of para-hydroxylation sites is 1. The van der Waals surface area contributed by atoms with E-state index in [1.54, 1.807) is 24.3 Å². The predicted octanol–water partition coefficient (Wildman–Crippen LogP) is 1.50. The molecule has 2 N–H and O–H groups in total. The van der Waals surface area contributed by atoms with E-state index >= 15 is 0 Å². The van der Waals surface area contributed by atoms with Crippen molar-refractivity contribution in [3.63, 3.8) is 0 Å². The second-order valence-corrected chi connectivity index (χ2v) is 2.23. The Labute approximate surface area is 80.9 Å². The third-order valence-electron chi connectivity index (χ3n) is 1.32. The van der Waals surface area contributed by atoms with Crippen molar-refractivity contribution in [1.29, 1.82) is 10.7 Å². The first-order valence-corrected chi connectivity index (χ1v) is 3.78. The van der Waals surface area contributed by atoms with Crippen molar-refractivity contribution in [2.45, 2.75) is 0 Å². The molecule has 1 aromatic carbocycles. The molecular formula is C9H7N5. The van der Waals surface area contributed by atoms with Crippen LogP contribution in [0.25, 0.3) is 0 Å². The van der Waals surface area contributed by atoms with Gasteiger partial charge in [-0.15, -0.1) is 4.99 Å². The Balaban J connectivity index is 2.94. The summed E-state index contributed by atoms with van der Waals surface area (Å²) in [5, 5.41) is 17.2. The van der Waals surface area contributed by atoms with Crippen molar-refractivity contribution in [1.82, 2.24) is 5.32 Å². The largest absolute Gasteiger partial charge is 0.260 e. The molecule has 14 heavy (non-hydrogen) atoms. The van der Waals surface area contributed by atoms with E-state index < -0.39 is 0 Å². The van der Waals surface area contributed by atoms with Gasteiger partial charge in [0.15, 0.2) is 6.19 Å². The van der Waals surface area contributed by atoms with E-state index in [2.05, 4.69) is 15.3 Å². The van der Waals surface area contributed by atoms with Crippen LogP contribution in [-0.2, 0) is 0 Å². The molecule has 0 amide bonds. The number of hydrogen-bond acceptors (Lipinski definition) is 3. The molecule has 1 aromatic rings. The number of nitriles is 1. The lowest BCUT2D eigenvalue weighted by atomic mass is 10.3. The van der Waals surface area contributed by atoms with Crippen LogP contribution >= 0.6 is 0 Å². The number of nitrogens with zero attached hydrogens (tertiary/aromatic N) is 3. The van der Waals surface area contributed by atoms with E-state index in [0.29, 0.717) is 5.69 Å². The predicted molar refractivity (Wildman–Crippen MR) is 52.4 cm³/mol. The zero-order valence-electron chi connectivity index (χ0n) is 7.23. The molecule has 0 aliphatic heterocycles. The number of guanidine groups is 1. The van der Waals surface area contributed by atoms with Gasteiger partial charge in [0.1, 0.15) is 0 Å². The van der Waals surface area contributed by atoms with Crippen molar-refractivity contribution in [3.05, 3.63) is 30.3 Å². The third kappa shape index (κ3) is 2.89. The van der Waals surface area contributed by atoms with Crippen molar-refractivity contribution in [2.75, 3.05) is 0 Å². The Morgan fingerprint density at radius 2 is 2.07 bits per heavy atom. The minimum atomic E-state index is 0.0497.